The zero-order chi connectivity index (χ0) is 14.5. The summed E-state index contributed by atoms with van der Waals surface area (Å²) in [4.78, 5) is 23.5. The molecule has 2 N–H and O–H groups in total. The molecule has 0 aliphatic carbocycles. The van der Waals surface area contributed by atoms with E-state index in [1.54, 1.807) is 54.6 Å². The van der Waals surface area contributed by atoms with Gasteiger partial charge in [0.1, 0.15) is 0 Å². The molecule has 0 aromatic heterocycles. The molecule has 0 heterocycles. The highest BCUT2D eigenvalue weighted by Gasteiger charge is 2.23. The second-order valence-electron chi connectivity index (χ2n) is 4.14. The molecule has 2 aromatic rings. The lowest BCUT2D eigenvalue weighted by atomic mass is 10.1. The number of nitrogens with one attached hydrogen (secondary N) is 1. The fourth-order valence-electron chi connectivity index (χ4n) is 1.79. The molecule has 2 aromatic carbocycles. The Morgan fingerprint density at radius 3 is 2.20 bits per heavy atom. The van der Waals surface area contributed by atoms with Gasteiger partial charge >= 0.3 is 5.97 Å². The summed E-state index contributed by atoms with van der Waals surface area (Å²) in [6.45, 7) is 0. The predicted molar refractivity (Wildman–Crippen MR) is 78.4 cm³/mol. The number of benzene rings is 2. The van der Waals surface area contributed by atoms with E-state index in [2.05, 4.69) is 21.2 Å². The van der Waals surface area contributed by atoms with Crippen LogP contribution in [0.25, 0.3) is 0 Å². The summed E-state index contributed by atoms with van der Waals surface area (Å²) in [6, 6.07) is 14.4. The van der Waals surface area contributed by atoms with Crippen LogP contribution >= 0.6 is 15.9 Å². The van der Waals surface area contributed by atoms with E-state index in [0.717, 1.165) is 0 Å². The largest absolute Gasteiger partial charge is 0.479 e. The van der Waals surface area contributed by atoms with Crippen LogP contribution in [0.1, 0.15) is 22.0 Å². The number of halogens is 1. The van der Waals surface area contributed by atoms with Crippen LogP contribution in [0.2, 0.25) is 0 Å². The highest BCUT2D eigenvalue weighted by molar-refractivity contribution is 9.10. The maximum absolute atomic E-state index is 12.1. The van der Waals surface area contributed by atoms with Crippen LogP contribution in [0.15, 0.2) is 59.1 Å². The SMILES string of the molecule is O=C(N[C@@H](C(=O)O)c1ccccc1)c1ccccc1Br. The molecule has 0 unspecified atom stereocenters. The molecule has 0 fully saturated rings. The topological polar surface area (TPSA) is 66.4 Å². The molecule has 4 nitrogen and oxygen atoms in total. The van der Waals surface area contributed by atoms with E-state index in [9.17, 15) is 14.7 Å². The van der Waals surface area contributed by atoms with Crippen molar-refractivity contribution in [1.29, 1.82) is 0 Å². The van der Waals surface area contributed by atoms with E-state index in [0.29, 0.717) is 15.6 Å². The van der Waals surface area contributed by atoms with Crippen LogP contribution < -0.4 is 5.32 Å². The Morgan fingerprint density at radius 1 is 1.00 bits per heavy atom. The summed E-state index contributed by atoms with van der Waals surface area (Å²) in [5.41, 5.74) is 0.926. The molecule has 0 aliphatic heterocycles. The molecular weight excluding hydrogens is 322 g/mol. The maximum Gasteiger partial charge on any atom is 0.330 e. The number of carboxylic acid groups (broad SMARTS) is 1. The fraction of sp³-hybridized carbons (Fsp3) is 0.0667. The number of amides is 1. The minimum absolute atomic E-state index is 0.398. The Morgan fingerprint density at radius 2 is 1.60 bits per heavy atom. The van der Waals surface area contributed by atoms with Crippen LogP contribution in [0.4, 0.5) is 0 Å². The first-order valence-electron chi connectivity index (χ1n) is 5.92. The Hall–Kier alpha value is -2.14. The molecule has 20 heavy (non-hydrogen) atoms. The summed E-state index contributed by atoms with van der Waals surface area (Å²) >= 11 is 3.27. The van der Waals surface area contributed by atoms with Crippen molar-refractivity contribution < 1.29 is 14.7 Å². The van der Waals surface area contributed by atoms with Crippen molar-refractivity contribution in [3.05, 3.63) is 70.2 Å². The van der Waals surface area contributed by atoms with Gasteiger partial charge in [0.05, 0.1) is 5.56 Å². The van der Waals surface area contributed by atoms with Crippen LogP contribution in [0.5, 0.6) is 0 Å². The minimum atomic E-state index is -1.10. The van der Waals surface area contributed by atoms with Crippen molar-refractivity contribution in [3.8, 4) is 0 Å². The Bertz CT molecular complexity index is 628. The Balaban J connectivity index is 2.24. The van der Waals surface area contributed by atoms with Crippen molar-refractivity contribution >= 4 is 27.8 Å². The Labute approximate surface area is 124 Å². The van der Waals surface area contributed by atoms with Gasteiger partial charge in [0.25, 0.3) is 5.91 Å². The van der Waals surface area contributed by atoms with Gasteiger partial charge in [-0.15, -0.1) is 0 Å². The highest BCUT2D eigenvalue weighted by Crippen LogP contribution is 2.18. The Kier molecular flexibility index (Phi) is 4.53. The molecule has 0 saturated heterocycles. The number of hydrogen-bond donors (Lipinski definition) is 2. The number of carbonyl (C=O) groups is 2. The van der Waals surface area contributed by atoms with Gasteiger partial charge in [-0.1, -0.05) is 42.5 Å². The molecule has 0 spiro atoms. The molecule has 5 heteroatoms. The van der Waals surface area contributed by atoms with Crippen LogP contribution in [0, 0.1) is 0 Å². The molecule has 1 amide bonds. The normalized spacial score (nSPS) is 11.7. The second kappa shape index (κ2) is 6.34. The van der Waals surface area contributed by atoms with Crippen molar-refractivity contribution in [2.75, 3.05) is 0 Å². The first-order chi connectivity index (χ1) is 9.59. The van der Waals surface area contributed by atoms with E-state index in [-0.39, 0.29) is 0 Å². The van der Waals surface area contributed by atoms with Crippen LogP contribution in [-0.4, -0.2) is 17.0 Å². The van der Waals surface area contributed by atoms with Crippen LogP contribution in [-0.2, 0) is 4.79 Å². The number of rotatable bonds is 4. The zero-order valence-electron chi connectivity index (χ0n) is 10.4. The highest BCUT2D eigenvalue weighted by atomic mass is 79.9. The third-order valence-corrected chi connectivity index (χ3v) is 3.47. The molecule has 102 valence electrons. The number of carboxylic acids is 1. The van der Waals surface area contributed by atoms with Gasteiger partial charge in [-0.05, 0) is 33.6 Å². The summed E-state index contributed by atoms with van der Waals surface area (Å²) in [6.07, 6.45) is 0. The summed E-state index contributed by atoms with van der Waals surface area (Å²) in [5.74, 6) is -1.54. The van der Waals surface area contributed by atoms with E-state index >= 15 is 0 Å². The van der Waals surface area contributed by atoms with Gasteiger partial charge in [-0.2, -0.15) is 0 Å². The van der Waals surface area contributed by atoms with Gasteiger partial charge in [-0.3, -0.25) is 4.79 Å². The van der Waals surface area contributed by atoms with Crippen LogP contribution in [0.3, 0.4) is 0 Å². The smallest absolute Gasteiger partial charge is 0.330 e. The number of carbonyl (C=O) groups excluding carboxylic acids is 1. The summed E-state index contributed by atoms with van der Waals surface area (Å²) in [7, 11) is 0. The lowest BCUT2D eigenvalue weighted by Gasteiger charge is -2.15. The standard InChI is InChI=1S/C15H12BrNO3/c16-12-9-5-4-8-11(12)14(18)17-13(15(19)20)10-6-2-1-3-7-10/h1-9,13H,(H,17,18)(H,19,20)/t13-/m1/s1. The van der Waals surface area contributed by atoms with Gasteiger partial charge < -0.3 is 10.4 Å². The van der Waals surface area contributed by atoms with Crippen molar-refractivity contribution in [3.63, 3.8) is 0 Å². The maximum atomic E-state index is 12.1. The monoisotopic (exact) mass is 333 g/mol. The van der Waals surface area contributed by atoms with Gasteiger partial charge in [0, 0.05) is 4.47 Å². The number of hydrogen-bond acceptors (Lipinski definition) is 2. The zero-order valence-corrected chi connectivity index (χ0v) is 12.0. The first-order valence-corrected chi connectivity index (χ1v) is 6.72. The molecule has 2 rings (SSSR count). The quantitative estimate of drug-likeness (QED) is 0.903. The predicted octanol–water partition coefficient (Wildman–Crippen LogP) is 3.00. The molecule has 0 aliphatic rings. The lowest BCUT2D eigenvalue weighted by molar-refractivity contribution is -0.139. The van der Waals surface area contributed by atoms with E-state index in [4.69, 9.17) is 0 Å². The average Bonchev–Trinajstić information content (AvgIpc) is 2.45. The molecular formula is C15H12BrNO3. The number of aliphatic carboxylic acids is 1. The first kappa shape index (κ1) is 14.3. The van der Waals surface area contributed by atoms with E-state index in [1.165, 1.54) is 0 Å². The van der Waals surface area contributed by atoms with E-state index in [1.807, 2.05) is 0 Å². The van der Waals surface area contributed by atoms with Gasteiger partial charge in [-0.25, -0.2) is 4.79 Å². The van der Waals surface area contributed by atoms with E-state index < -0.39 is 17.9 Å². The van der Waals surface area contributed by atoms with Gasteiger partial charge in [0.15, 0.2) is 6.04 Å². The third kappa shape index (κ3) is 3.24. The third-order valence-electron chi connectivity index (χ3n) is 2.77. The molecule has 0 radical (unpaired) electrons. The summed E-state index contributed by atoms with van der Waals surface area (Å²) < 4.78 is 0.620. The van der Waals surface area contributed by atoms with Gasteiger partial charge in [0.2, 0.25) is 0 Å². The van der Waals surface area contributed by atoms with Crippen molar-refractivity contribution in [2.45, 2.75) is 6.04 Å². The second-order valence-corrected chi connectivity index (χ2v) is 4.99. The average molecular weight is 334 g/mol. The molecule has 0 bridgehead atoms. The fourth-order valence-corrected chi connectivity index (χ4v) is 2.25. The minimum Gasteiger partial charge on any atom is -0.479 e. The lowest BCUT2D eigenvalue weighted by Crippen LogP contribution is -2.33. The summed E-state index contributed by atoms with van der Waals surface area (Å²) in [5, 5.41) is 11.8. The molecule has 1 atom stereocenters. The van der Waals surface area contributed by atoms with Crippen molar-refractivity contribution in [2.24, 2.45) is 0 Å². The van der Waals surface area contributed by atoms with Crippen molar-refractivity contribution in [1.82, 2.24) is 5.32 Å². The molecule has 0 saturated carbocycles.